The number of nitrogens with one attached hydrogen (secondary N) is 2. The molecule has 2 aromatic rings. The molecule has 0 saturated carbocycles. The molecule has 3 rings (SSSR count). The van der Waals surface area contributed by atoms with Crippen LogP contribution in [0.5, 0.6) is 11.5 Å². The Morgan fingerprint density at radius 2 is 2.11 bits per heavy atom. The van der Waals surface area contributed by atoms with E-state index in [4.69, 9.17) is 9.47 Å². The van der Waals surface area contributed by atoms with Gasteiger partial charge in [-0.05, 0) is 17.7 Å². The molecule has 0 atom stereocenters. The van der Waals surface area contributed by atoms with E-state index in [0.29, 0.717) is 13.2 Å². The Morgan fingerprint density at radius 3 is 2.95 bits per heavy atom. The van der Waals surface area contributed by atoms with Crippen LogP contribution in [0.3, 0.4) is 0 Å². The fraction of sp³-hybridized carbons (Fsp3) is 0.385. The molecule has 1 aliphatic heterocycles. The van der Waals surface area contributed by atoms with Gasteiger partial charge in [-0.1, -0.05) is 6.07 Å². The molecule has 0 amide bonds. The normalized spacial score (nSPS) is 13.5. The first-order chi connectivity index (χ1) is 9.42. The third-order valence-corrected chi connectivity index (χ3v) is 2.94. The van der Waals surface area contributed by atoms with Crippen molar-refractivity contribution < 1.29 is 9.47 Å². The molecule has 0 spiro atoms. The summed E-state index contributed by atoms with van der Waals surface area (Å²) in [5.41, 5.74) is 1.18. The van der Waals surface area contributed by atoms with Crippen molar-refractivity contribution >= 4 is 0 Å². The lowest BCUT2D eigenvalue weighted by Gasteiger charge is -2.18. The van der Waals surface area contributed by atoms with Crippen molar-refractivity contribution in [2.45, 2.75) is 13.0 Å². The van der Waals surface area contributed by atoms with Gasteiger partial charge < -0.3 is 14.8 Å². The van der Waals surface area contributed by atoms with Gasteiger partial charge in [-0.25, -0.2) is 4.98 Å². The number of H-pyrrole nitrogens is 1. The molecule has 0 bridgehead atoms. The van der Waals surface area contributed by atoms with Crippen molar-refractivity contribution in [2.24, 2.45) is 0 Å². The minimum atomic E-state index is 0.620. The van der Waals surface area contributed by atoms with Crippen LogP contribution >= 0.6 is 0 Å². The van der Waals surface area contributed by atoms with Crippen LogP contribution in [0.15, 0.2) is 24.5 Å². The molecule has 1 aromatic heterocycles. The Morgan fingerprint density at radius 1 is 1.21 bits per heavy atom. The summed E-state index contributed by atoms with van der Waals surface area (Å²) in [7, 11) is 0. The number of aromatic amines is 1. The summed E-state index contributed by atoms with van der Waals surface area (Å²) in [4.78, 5) is 4.08. The molecule has 2 N–H and O–H groups in total. The average molecular weight is 260 g/mol. The lowest BCUT2D eigenvalue weighted by molar-refractivity contribution is 0.171. The van der Waals surface area contributed by atoms with Gasteiger partial charge in [0.15, 0.2) is 11.5 Å². The Labute approximate surface area is 111 Å². The van der Waals surface area contributed by atoms with Crippen molar-refractivity contribution in [3.63, 3.8) is 0 Å². The van der Waals surface area contributed by atoms with E-state index >= 15 is 0 Å². The summed E-state index contributed by atoms with van der Waals surface area (Å²) >= 11 is 0. The smallest absolute Gasteiger partial charge is 0.161 e. The third kappa shape index (κ3) is 3.03. The van der Waals surface area contributed by atoms with Crippen LogP contribution < -0.4 is 14.8 Å². The highest BCUT2D eigenvalue weighted by molar-refractivity contribution is 5.43. The fourth-order valence-corrected chi connectivity index (χ4v) is 1.99. The molecule has 100 valence electrons. The number of hydrogen-bond acceptors (Lipinski definition) is 5. The zero-order chi connectivity index (χ0) is 12.9. The molecule has 1 aliphatic rings. The zero-order valence-electron chi connectivity index (χ0n) is 10.6. The van der Waals surface area contributed by atoms with Crippen LogP contribution in [0.4, 0.5) is 0 Å². The van der Waals surface area contributed by atoms with Crippen molar-refractivity contribution in [3.05, 3.63) is 35.9 Å². The Balaban J connectivity index is 1.50. The summed E-state index contributed by atoms with van der Waals surface area (Å²) in [5, 5.41) is 10.0. The second kappa shape index (κ2) is 5.71. The molecular weight excluding hydrogens is 244 g/mol. The number of aromatic nitrogens is 3. The highest BCUT2D eigenvalue weighted by Gasteiger charge is 2.11. The number of benzene rings is 1. The van der Waals surface area contributed by atoms with E-state index in [0.717, 1.165) is 36.8 Å². The van der Waals surface area contributed by atoms with Crippen LogP contribution in [0.1, 0.15) is 11.4 Å². The molecular formula is C13H16N4O2. The van der Waals surface area contributed by atoms with E-state index in [2.05, 4.69) is 26.6 Å². The summed E-state index contributed by atoms with van der Waals surface area (Å²) < 4.78 is 11.0. The van der Waals surface area contributed by atoms with Crippen LogP contribution in [-0.2, 0) is 13.0 Å². The highest BCUT2D eigenvalue weighted by Crippen LogP contribution is 2.30. The third-order valence-electron chi connectivity index (χ3n) is 2.94. The molecule has 0 saturated heterocycles. The fourth-order valence-electron chi connectivity index (χ4n) is 1.99. The highest BCUT2D eigenvalue weighted by atomic mass is 16.6. The average Bonchev–Trinajstić information content (AvgIpc) is 2.97. The molecule has 0 radical (unpaired) electrons. The van der Waals surface area contributed by atoms with Gasteiger partial charge in [0.25, 0.3) is 0 Å². The van der Waals surface area contributed by atoms with Crippen LogP contribution in [0.25, 0.3) is 0 Å². The predicted octanol–water partition coefficient (Wildman–Crippen LogP) is 0.908. The van der Waals surface area contributed by atoms with Gasteiger partial charge in [0.1, 0.15) is 25.4 Å². The minimum Gasteiger partial charge on any atom is -0.486 e. The molecule has 1 aromatic carbocycles. The van der Waals surface area contributed by atoms with E-state index in [1.807, 2.05) is 12.1 Å². The molecule has 0 unspecified atom stereocenters. The van der Waals surface area contributed by atoms with Crippen molar-refractivity contribution in [1.82, 2.24) is 20.5 Å². The SMILES string of the molecule is c1n[nH]c(CCNCc2ccc3c(c2)OCCO3)n1. The van der Waals surface area contributed by atoms with Gasteiger partial charge in [-0.2, -0.15) is 5.10 Å². The lowest BCUT2D eigenvalue weighted by atomic mass is 10.2. The zero-order valence-corrected chi connectivity index (χ0v) is 10.6. The second-order valence-corrected chi connectivity index (χ2v) is 4.34. The van der Waals surface area contributed by atoms with E-state index in [9.17, 15) is 0 Å². The van der Waals surface area contributed by atoms with Gasteiger partial charge in [0, 0.05) is 19.5 Å². The maximum Gasteiger partial charge on any atom is 0.161 e. The molecule has 6 heteroatoms. The van der Waals surface area contributed by atoms with E-state index in [1.54, 1.807) is 0 Å². The van der Waals surface area contributed by atoms with Crippen LogP contribution in [0, 0.1) is 0 Å². The van der Waals surface area contributed by atoms with Gasteiger partial charge in [0.05, 0.1) is 0 Å². The van der Waals surface area contributed by atoms with Gasteiger partial charge >= 0.3 is 0 Å². The summed E-state index contributed by atoms with van der Waals surface area (Å²) in [5.74, 6) is 2.56. The van der Waals surface area contributed by atoms with Crippen LogP contribution in [0.2, 0.25) is 0 Å². The van der Waals surface area contributed by atoms with Gasteiger partial charge in [0.2, 0.25) is 0 Å². The first-order valence-electron chi connectivity index (χ1n) is 6.35. The number of fused-ring (bicyclic) bond motifs is 1. The molecule has 6 nitrogen and oxygen atoms in total. The summed E-state index contributed by atoms with van der Waals surface area (Å²) in [6.45, 7) is 2.89. The Hall–Kier alpha value is -2.08. The number of rotatable bonds is 5. The van der Waals surface area contributed by atoms with E-state index in [-0.39, 0.29) is 0 Å². The topological polar surface area (TPSA) is 72.1 Å². The predicted molar refractivity (Wildman–Crippen MR) is 69.2 cm³/mol. The molecule has 0 fully saturated rings. The first-order valence-corrected chi connectivity index (χ1v) is 6.35. The van der Waals surface area contributed by atoms with E-state index < -0.39 is 0 Å². The summed E-state index contributed by atoms with van der Waals surface area (Å²) in [6, 6.07) is 6.03. The van der Waals surface area contributed by atoms with Crippen molar-refractivity contribution in [3.8, 4) is 11.5 Å². The quantitative estimate of drug-likeness (QED) is 0.782. The van der Waals surface area contributed by atoms with Crippen molar-refractivity contribution in [2.75, 3.05) is 19.8 Å². The largest absolute Gasteiger partial charge is 0.486 e. The maximum absolute atomic E-state index is 5.55. The minimum absolute atomic E-state index is 0.620. The number of nitrogens with zero attached hydrogens (tertiary/aromatic N) is 2. The Bertz CT molecular complexity index is 527. The van der Waals surface area contributed by atoms with Crippen LogP contribution in [-0.4, -0.2) is 34.9 Å². The standard InChI is InChI=1S/C13H16N4O2/c1-2-11-12(19-6-5-18-11)7-10(1)8-14-4-3-13-15-9-16-17-13/h1-2,7,9,14H,3-6,8H2,(H,15,16,17). The van der Waals surface area contributed by atoms with Gasteiger partial charge in [-0.15, -0.1) is 0 Å². The second-order valence-electron chi connectivity index (χ2n) is 4.34. The molecule has 19 heavy (non-hydrogen) atoms. The van der Waals surface area contributed by atoms with E-state index in [1.165, 1.54) is 11.9 Å². The summed E-state index contributed by atoms with van der Waals surface area (Å²) in [6.07, 6.45) is 2.36. The first kappa shape index (κ1) is 12.0. The number of ether oxygens (including phenoxy) is 2. The van der Waals surface area contributed by atoms with Gasteiger partial charge in [-0.3, -0.25) is 5.10 Å². The molecule has 0 aliphatic carbocycles. The number of hydrogen-bond donors (Lipinski definition) is 2. The lowest BCUT2D eigenvalue weighted by Crippen LogP contribution is -2.18. The van der Waals surface area contributed by atoms with Crippen molar-refractivity contribution in [1.29, 1.82) is 0 Å². The Kier molecular flexibility index (Phi) is 3.60. The molecule has 2 heterocycles. The monoisotopic (exact) mass is 260 g/mol. The maximum atomic E-state index is 5.55.